The van der Waals surface area contributed by atoms with Gasteiger partial charge in [-0.25, -0.2) is 0 Å². The smallest absolute Gasteiger partial charge is 0.171 e. The highest BCUT2D eigenvalue weighted by molar-refractivity contribution is 6.02. The maximum absolute atomic E-state index is 12.6. The molecule has 1 atom stereocenters. The standard InChI is InChI=1S/C15H23NO3/c1-6-11(9-16-3)15(17)14-10(2)7-12(18-4)8-13(14)19-5/h7-8,11,16H,6,9H2,1-5H3. The molecule has 0 saturated carbocycles. The van der Waals surface area contributed by atoms with Crippen molar-refractivity contribution in [3.8, 4) is 11.5 Å². The van der Waals surface area contributed by atoms with E-state index >= 15 is 0 Å². The molecule has 0 spiro atoms. The van der Waals surface area contributed by atoms with Crippen LogP contribution in [-0.4, -0.2) is 33.6 Å². The van der Waals surface area contributed by atoms with Crippen LogP contribution in [0.25, 0.3) is 0 Å². The van der Waals surface area contributed by atoms with Gasteiger partial charge in [-0.2, -0.15) is 0 Å². The Bertz CT molecular complexity index is 443. The lowest BCUT2D eigenvalue weighted by atomic mass is 9.91. The van der Waals surface area contributed by atoms with Gasteiger partial charge in [0.05, 0.1) is 19.8 Å². The predicted molar refractivity (Wildman–Crippen MR) is 76.3 cm³/mol. The highest BCUT2D eigenvalue weighted by atomic mass is 16.5. The van der Waals surface area contributed by atoms with Crippen molar-refractivity contribution in [2.45, 2.75) is 20.3 Å². The Morgan fingerprint density at radius 2 is 2.00 bits per heavy atom. The fourth-order valence-corrected chi connectivity index (χ4v) is 2.19. The van der Waals surface area contributed by atoms with E-state index in [9.17, 15) is 4.79 Å². The molecule has 1 N–H and O–H groups in total. The second-order valence-corrected chi connectivity index (χ2v) is 4.55. The summed E-state index contributed by atoms with van der Waals surface area (Å²) in [6, 6.07) is 3.62. The molecule has 0 amide bonds. The molecule has 0 heterocycles. The number of hydrogen-bond acceptors (Lipinski definition) is 4. The molecule has 0 aromatic heterocycles. The number of hydrogen-bond donors (Lipinski definition) is 1. The van der Waals surface area contributed by atoms with Crippen LogP contribution in [0.5, 0.6) is 11.5 Å². The second kappa shape index (κ2) is 7.14. The Labute approximate surface area is 115 Å². The fourth-order valence-electron chi connectivity index (χ4n) is 2.19. The van der Waals surface area contributed by atoms with E-state index in [4.69, 9.17) is 9.47 Å². The quantitative estimate of drug-likeness (QED) is 0.769. The first-order valence-corrected chi connectivity index (χ1v) is 6.50. The molecule has 4 nitrogen and oxygen atoms in total. The molecule has 1 aromatic carbocycles. The van der Waals surface area contributed by atoms with Gasteiger partial charge in [0.15, 0.2) is 5.78 Å². The van der Waals surface area contributed by atoms with Crippen molar-refractivity contribution >= 4 is 5.78 Å². The summed E-state index contributed by atoms with van der Waals surface area (Å²) in [7, 11) is 5.03. The summed E-state index contributed by atoms with van der Waals surface area (Å²) in [6.07, 6.45) is 0.800. The summed E-state index contributed by atoms with van der Waals surface area (Å²) in [5.41, 5.74) is 1.54. The topological polar surface area (TPSA) is 47.6 Å². The Hall–Kier alpha value is -1.55. The summed E-state index contributed by atoms with van der Waals surface area (Å²) in [5, 5.41) is 3.06. The molecule has 1 rings (SSSR count). The van der Waals surface area contributed by atoms with Crippen LogP contribution in [0.3, 0.4) is 0 Å². The van der Waals surface area contributed by atoms with E-state index in [2.05, 4.69) is 5.32 Å². The molecular formula is C15H23NO3. The Morgan fingerprint density at radius 3 is 2.47 bits per heavy atom. The van der Waals surface area contributed by atoms with Gasteiger partial charge in [-0.15, -0.1) is 0 Å². The van der Waals surface area contributed by atoms with E-state index in [1.165, 1.54) is 0 Å². The number of carbonyl (C=O) groups is 1. The first-order chi connectivity index (χ1) is 9.08. The molecule has 0 aliphatic rings. The minimum atomic E-state index is -0.0361. The van der Waals surface area contributed by atoms with Gasteiger partial charge in [-0.3, -0.25) is 4.79 Å². The van der Waals surface area contributed by atoms with Crippen molar-refractivity contribution in [3.05, 3.63) is 23.3 Å². The summed E-state index contributed by atoms with van der Waals surface area (Å²) in [4.78, 5) is 12.6. The van der Waals surface area contributed by atoms with E-state index in [0.717, 1.165) is 12.0 Å². The zero-order valence-corrected chi connectivity index (χ0v) is 12.4. The zero-order chi connectivity index (χ0) is 14.4. The minimum absolute atomic E-state index is 0.0361. The van der Waals surface area contributed by atoms with Gasteiger partial charge < -0.3 is 14.8 Å². The van der Waals surface area contributed by atoms with E-state index < -0.39 is 0 Å². The minimum Gasteiger partial charge on any atom is -0.497 e. The third-order valence-electron chi connectivity index (χ3n) is 3.29. The van der Waals surface area contributed by atoms with Crippen molar-refractivity contribution in [3.63, 3.8) is 0 Å². The Balaban J connectivity index is 3.21. The van der Waals surface area contributed by atoms with E-state index in [0.29, 0.717) is 23.6 Å². The van der Waals surface area contributed by atoms with Crippen LogP contribution in [0, 0.1) is 12.8 Å². The van der Waals surface area contributed by atoms with Gasteiger partial charge >= 0.3 is 0 Å². The van der Waals surface area contributed by atoms with Crippen LogP contribution in [0.2, 0.25) is 0 Å². The van der Waals surface area contributed by atoms with Gasteiger partial charge in [0.1, 0.15) is 11.5 Å². The summed E-state index contributed by atoms with van der Waals surface area (Å²) in [5.74, 6) is 1.36. The Morgan fingerprint density at radius 1 is 1.32 bits per heavy atom. The average molecular weight is 265 g/mol. The molecule has 1 aromatic rings. The number of carbonyl (C=O) groups excluding carboxylic acids is 1. The van der Waals surface area contributed by atoms with Crippen molar-refractivity contribution in [2.24, 2.45) is 5.92 Å². The summed E-state index contributed by atoms with van der Waals surface area (Å²) < 4.78 is 10.5. The Kier molecular flexibility index (Phi) is 5.83. The molecule has 0 aliphatic heterocycles. The number of methoxy groups -OCH3 is 2. The molecule has 19 heavy (non-hydrogen) atoms. The molecule has 1 unspecified atom stereocenters. The molecule has 4 heteroatoms. The number of ketones is 1. The van der Waals surface area contributed by atoms with E-state index in [1.54, 1.807) is 20.3 Å². The first-order valence-electron chi connectivity index (χ1n) is 6.50. The van der Waals surface area contributed by atoms with Gasteiger partial charge in [-0.05, 0) is 32.0 Å². The molecule has 0 saturated heterocycles. The lowest BCUT2D eigenvalue weighted by molar-refractivity contribution is 0.0913. The summed E-state index contributed by atoms with van der Waals surface area (Å²) in [6.45, 7) is 4.60. The van der Waals surface area contributed by atoms with Crippen LogP contribution >= 0.6 is 0 Å². The van der Waals surface area contributed by atoms with Crippen molar-refractivity contribution in [1.29, 1.82) is 0 Å². The predicted octanol–water partition coefficient (Wildman–Crippen LogP) is 2.44. The van der Waals surface area contributed by atoms with Crippen molar-refractivity contribution in [2.75, 3.05) is 27.8 Å². The normalized spacial score (nSPS) is 12.1. The number of ether oxygens (including phenoxy) is 2. The van der Waals surface area contributed by atoms with Crippen molar-refractivity contribution in [1.82, 2.24) is 5.32 Å². The number of aryl methyl sites for hydroxylation is 1. The molecule has 0 radical (unpaired) electrons. The van der Waals surface area contributed by atoms with Gasteiger partial charge in [0.25, 0.3) is 0 Å². The maximum atomic E-state index is 12.6. The van der Waals surface area contributed by atoms with E-state index in [-0.39, 0.29) is 11.7 Å². The summed E-state index contributed by atoms with van der Waals surface area (Å²) >= 11 is 0. The van der Waals surface area contributed by atoms with Crippen LogP contribution in [-0.2, 0) is 0 Å². The maximum Gasteiger partial charge on any atom is 0.171 e. The van der Waals surface area contributed by atoms with E-state index in [1.807, 2.05) is 27.0 Å². The lowest BCUT2D eigenvalue weighted by Gasteiger charge is -2.18. The van der Waals surface area contributed by atoms with Gasteiger partial charge in [0.2, 0.25) is 0 Å². The lowest BCUT2D eigenvalue weighted by Crippen LogP contribution is -2.26. The highest BCUT2D eigenvalue weighted by Gasteiger charge is 2.23. The first kappa shape index (κ1) is 15.5. The fraction of sp³-hybridized carbons (Fsp3) is 0.533. The zero-order valence-electron chi connectivity index (χ0n) is 12.4. The monoisotopic (exact) mass is 265 g/mol. The third kappa shape index (κ3) is 3.47. The molecule has 106 valence electrons. The molecular weight excluding hydrogens is 242 g/mol. The molecule has 0 bridgehead atoms. The van der Waals surface area contributed by atoms with Crippen LogP contribution in [0.4, 0.5) is 0 Å². The second-order valence-electron chi connectivity index (χ2n) is 4.55. The largest absolute Gasteiger partial charge is 0.497 e. The number of nitrogens with one attached hydrogen (secondary N) is 1. The molecule has 0 aliphatic carbocycles. The SMILES string of the molecule is CCC(CNC)C(=O)c1c(C)cc(OC)cc1OC. The number of benzene rings is 1. The van der Waals surface area contributed by atoms with Crippen molar-refractivity contribution < 1.29 is 14.3 Å². The third-order valence-corrected chi connectivity index (χ3v) is 3.29. The highest BCUT2D eigenvalue weighted by Crippen LogP contribution is 2.30. The molecule has 0 fully saturated rings. The van der Waals surface area contributed by atoms with Gasteiger partial charge in [-0.1, -0.05) is 6.92 Å². The van der Waals surface area contributed by atoms with Crippen LogP contribution < -0.4 is 14.8 Å². The van der Waals surface area contributed by atoms with Crippen LogP contribution in [0.1, 0.15) is 29.3 Å². The van der Waals surface area contributed by atoms with Crippen LogP contribution in [0.15, 0.2) is 12.1 Å². The van der Waals surface area contributed by atoms with Gasteiger partial charge in [0, 0.05) is 18.5 Å². The number of rotatable bonds is 7. The average Bonchev–Trinajstić information content (AvgIpc) is 2.42. The number of Topliss-reactive ketones (excluding diaryl/α,β-unsaturated/α-hetero) is 1.